The maximum atomic E-state index is 13.0. The Bertz CT molecular complexity index is 408. The van der Waals surface area contributed by atoms with Crippen LogP contribution >= 0.6 is 0 Å². The molecule has 0 aromatic heterocycles. The van der Waals surface area contributed by atoms with E-state index < -0.39 is 0 Å². The summed E-state index contributed by atoms with van der Waals surface area (Å²) in [6, 6.07) is 5.65. The minimum Gasteiger partial charge on any atom is -0.394 e. The molecule has 0 bridgehead atoms. The molecule has 2 amide bonds. The second kappa shape index (κ2) is 7.74. The fraction of sp³-hybridized carbons (Fsp3) is 0.500. The second-order valence-electron chi connectivity index (χ2n) is 4.64. The minimum atomic E-state index is -0.315. The topological polar surface area (TPSA) is 61.4 Å². The molecule has 0 aliphatic rings. The molecule has 1 rings (SSSR count). The van der Waals surface area contributed by atoms with Crippen molar-refractivity contribution in [1.82, 2.24) is 10.6 Å². The summed E-state index contributed by atoms with van der Waals surface area (Å²) in [7, 11) is 0. The number of halogens is 1. The van der Waals surface area contributed by atoms with Crippen LogP contribution in [0, 0.1) is 5.82 Å². The van der Waals surface area contributed by atoms with Crippen LogP contribution in [0.2, 0.25) is 0 Å². The van der Waals surface area contributed by atoms with Gasteiger partial charge in [-0.15, -0.1) is 0 Å². The van der Waals surface area contributed by atoms with Crippen LogP contribution in [-0.4, -0.2) is 29.8 Å². The van der Waals surface area contributed by atoms with Crippen LogP contribution in [0.25, 0.3) is 0 Å². The first-order chi connectivity index (χ1) is 9.05. The van der Waals surface area contributed by atoms with E-state index in [9.17, 15) is 9.18 Å². The van der Waals surface area contributed by atoms with E-state index >= 15 is 0 Å². The van der Waals surface area contributed by atoms with Crippen LogP contribution in [-0.2, 0) is 6.42 Å². The number of hydrogen-bond acceptors (Lipinski definition) is 2. The predicted octanol–water partition coefficient (Wildman–Crippen LogP) is 1.83. The molecule has 106 valence electrons. The smallest absolute Gasteiger partial charge is 0.315 e. The number of urea groups is 1. The SMILES string of the molecule is CC[C@@H](CO)NC(=O)N[C@@H](C)Cc1cccc(F)c1. The summed E-state index contributed by atoms with van der Waals surface area (Å²) in [6.07, 6.45) is 1.23. The molecular formula is C14H21FN2O2. The summed E-state index contributed by atoms with van der Waals surface area (Å²) < 4.78 is 13.0. The Kier molecular flexibility index (Phi) is 6.29. The van der Waals surface area contributed by atoms with Gasteiger partial charge in [0.05, 0.1) is 12.6 Å². The predicted molar refractivity (Wildman–Crippen MR) is 72.4 cm³/mol. The van der Waals surface area contributed by atoms with E-state index in [0.717, 1.165) is 5.56 Å². The lowest BCUT2D eigenvalue weighted by Gasteiger charge is -2.18. The largest absolute Gasteiger partial charge is 0.394 e. The molecule has 0 heterocycles. The van der Waals surface area contributed by atoms with Gasteiger partial charge >= 0.3 is 6.03 Å². The van der Waals surface area contributed by atoms with Gasteiger partial charge < -0.3 is 15.7 Å². The Morgan fingerprint density at radius 1 is 1.42 bits per heavy atom. The van der Waals surface area contributed by atoms with Crippen LogP contribution in [0.4, 0.5) is 9.18 Å². The van der Waals surface area contributed by atoms with Crippen LogP contribution < -0.4 is 10.6 Å². The van der Waals surface area contributed by atoms with Gasteiger partial charge in [0.15, 0.2) is 0 Å². The molecule has 5 heteroatoms. The molecule has 0 saturated carbocycles. The van der Waals surface area contributed by atoms with Crippen LogP contribution in [0.3, 0.4) is 0 Å². The Hall–Kier alpha value is -1.62. The highest BCUT2D eigenvalue weighted by molar-refractivity contribution is 5.74. The van der Waals surface area contributed by atoms with Crippen molar-refractivity contribution in [2.75, 3.05) is 6.61 Å². The van der Waals surface area contributed by atoms with Gasteiger partial charge in [-0.1, -0.05) is 19.1 Å². The molecule has 2 atom stereocenters. The van der Waals surface area contributed by atoms with Crippen molar-refractivity contribution >= 4 is 6.03 Å². The summed E-state index contributed by atoms with van der Waals surface area (Å²) in [5, 5.41) is 14.4. The molecule has 0 aliphatic carbocycles. The van der Waals surface area contributed by atoms with E-state index in [1.807, 2.05) is 19.9 Å². The van der Waals surface area contributed by atoms with Gasteiger partial charge in [0.25, 0.3) is 0 Å². The number of carbonyl (C=O) groups excluding carboxylic acids is 1. The molecule has 3 N–H and O–H groups in total. The molecular weight excluding hydrogens is 247 g/mol. The number of aliphatic hydroxyl groups is 1. The molecule has 0 radical (unpaired) electrons. The minimum absolute atomic E-state index is 0.0812. The van der Waals surface area contributed by atoms with Gasteiger partial charge in [-0.3, -0.25) is 0 Å². The van der Waals surface area contributed by atoms with Crippen molar-refractivity contribution in [1.29, 1.82) is 0 Å². The van der Waals surface area contributed by atoms with E-state index in [1.165, 1.54) is 12.1 Å². The van der Waals surface area contributed by atoms with E-state index in [-0.39, 0.29) is 30.5 Å². The molecule has 4 nitrogen and oxygen atoms in total. The van der Waals surface area contributed by atoms with E-state index in [0.29, 0.717) is 12.8 Å². The maximum Gasteiger partial charge on any atom is 0.315 e. The lowest BCUT2D eigenvalue weighted by Crippen LogP contribution is -2.47. The standard InChI is InChI=1S/C14H21FN2O2/c1-3-13(9-18)17-14(19)16-10(2)7-11-5-4-6-12(15)8-11/h4-6,8,10,13,18H,3,7,9H2,1-2H3,(H2,16,17,19)/t10-,13-/m0/s1. The fourth-order valence-electron chi connectivity index (χ4n) is 1.80. The second-order valence-corrected chi connectivity index (χ2v) is 4.64. The Morgan fingerprint density at radius 2 is 2.16 bits per heavy atom. The number of rotatable bonds is 6. The zero-order valence-corrected chi connectivity index (χ0v) is 11.3. The number of amides is 2. The molecule has 0 saturated heterocycles. The van der Waals surface area contributed by atoms with Crippen LogP contribution in [0.1, 0.15) is 25.8 Å². The number of nitrogens with one attached hydrogen (secondary N) is 2. The quantitative estimate of drug-likeness (QED) is 0.737. The zero-order chi connectivity index (χ0) is 14.3. The number of hydrogen-bond donors (Lipinski definition) is 3. The highest BCUT2D eigenvalue weighted by atomic mass is 19.1. The van der Waals surface area contributed by atoms with Gasteiger partial charge in [0.1, 0.15) is 5.82 Å². The fourth-order valence-corrected chi connectivity index (χ4v) is 1.80. The van der Waals surface area contributed by atoms with Crippen molar-refractivity contribution < 1.29 is 14.3 Å². The van der Waals surface area contributed by atoms with Crippen molar-refractivity contribution in [2.24, 2.45) is 0 Å². The third-order valence-corrected chi connectivity index (χ3v) is 2.86. The first-order valence-electron chi connectivity index (χ1n) is 6.47. The Labute approximate surface area is 113 Å². The summed E-state index contributed by atoms with van der Waals surface area (Å²) >= 11 is 0. The average molecular weight is 268 g/mol. The molecule has 0 aliphatic heterocycles. The average Bonchev–Trinajstić information content (AvgIpc) is 2.35. The lowest BCUT2D eigenvalue weighted by atomic mass is 10.1. The van der Waals surface area contributed by atoms with Crippen molar-refractivity contribution in [3.05, 3.63) is 35.6 Å². The summed E-state index contributed by atoms with van der Waals surface area (Å²) in [5.74, 6) is -0.277. The van der Waals surface area contributed by atoms with Crippen molar-refractivity contribution in [3.8, 4) is 0 Å². The Balaban J connectivity index is 2.42. The van der Waals surface area contributed by atoms with E-state index in [4.69, 9.17) is 5.11 Å². The van der Waals surface area contributed by atoms with Crippen LogP contribution in [0.15, 0.2) is 24.3 Å². The molecule has 0 unspecified atom stereocenters. The first kappa shape index (κ1) is 15.4. The summed E-state index contributed by atoms with van der Waals surface area (Å²) in [6.45, 7) is 3.66. The monoisotopic (exact) mass is 268 g/mol. The van der Waals surface area contributed by atoms with Gasteiger partial charge in [-0.2, -0.15) is 0 Å². The third kappa shape index (κ3) is 5.70. The summed E-state index contributed by atoms with van der Waals surface area (Å²) in [5.41, 5.74) is 0.835. The van der Waals surface area contributed by atoms with E-state index in [2.05, 4.69) is 10.6 Å². The number of aliphatic hydroxyl groups excluding tert-OH is 1. The Morgan fingerprint density at radius 3 is 2.74 bits per heavy atom. The number of carbonyl (C=O) groups is 1. The lowest BCUT2D eigenvalue weighted by molar-refractivity contribution is 0.212. The zero-order valence-electron chi connectivity index (χ0n) is 11.3. The van der Waals surface area contributed by atoms with Gasteiger partial charge in [0, 0.05) is 6.04 Å². The van der Waals surface area contributed by atoms with Gasteiger partial charge in [-0.05, 0) is 37.5 Å². The van der Waals surface area contributed by atoms with E-state index in [1.54, 1.807) is 6.07 Å². The summed E-state index contributed by atoms with van der Waals surface area (Å²) in [4.78, 5) is 11.6. The highest BCUT2D eigenvalue weighted by Crippen LogP contribution is 2.06. The molecule has 0 fully saturated rings. The molecule has 1 aromatic rings. The van der Waals surface area contributed by atoms with Gasteiger partial charge in [-0.25, -0.2) is 9.18 Å². The van der Waals surface area contributed by atoms with Crippen molar-refractivity contribution in [2.45, 2.75) is 38.8 Å². The van der Waals surface area contributed by atoms with Crippen molar-refractivity contribution in [3.63, 3.8) is 0 Å². The molecule has 19 heavy (non-hydrogen) atoms. The third-order valence-electron chi connectivity index (χ3n) is 2.86. The molecule has 0 spiro atoms. The normalized spacial score (nSPS) is 13.7. The maximum absolute atomic E-state index is 13.0. The first-order valence-corrected chi connectivity index (χ1v) is 6.47. The highest BCUT2D eigenvalue weighted by Gasteiger charge is 2.12. The van der Waals surface area contributed by atoms with Crippen LogP contribution in [0.5, 0.6) is 0 Å². The molecule has 1 aromatic carbocycles. The number of benzene rings is 1. The van der Waals surface area contributed by atoms with Gasteiger partial charge in [0.2, 0.25) is 0 Å².